The summed E-state index contributed by atoms with van der Waals surface area (Å²) in [7, 11) is 0. The molecule has 26 heavy (non-hydrogen) atoms. The van der Waals surface area contributed by atoms with E-state index in [-0.39, 0.29) is 11.6 Å². The monoisotopic (exact) mass is 366 g/mol. The van der Waals surface area contributed by atoms with Crippen LogP contribution in [0, 0.1) is 20.8 Å². The number of amides is 1. The summed E-state index contributed by atoms with van der Waals surface area (Å²) in [5.41, 5.74) is 4.97. The van der Waals surface area contributed by atoms with Crippen LogP contribution in [0.1, 0.15) is 27.2 Å². The Hall–Kier alpha value is -2.92. The number of halogens is 1. The van der Waals surface area contributed by atoms with Gasteiger partial charge in [0.05, 0.1) is 12.4 Å². The van der Waals surface area contributed by atoms with E-state index >= 15 is 0 Å². The van der Waals surface area contributed by atoms with Gasteiger partial charge in [-0.2, -0.15) is 0 Å². The first kappa shape index (κ1) is 17.9. The molecule has 3 aromatic rings. The van der Waals surface area contributed by atoms with Crippen molar-refractivity contribution in [2.45, 2.75) is 20.8 Å². The number of benzene rings is 2. The third-order valence-electron chi connectivity index (χ3n) is 3.96. The van der Waals surface area contributed by atoms with Crippen LogP contribution in [0.2, 0.25) is 5.02 Å². The third-order valence-corrected chi connectivity index (χ3v) is 4.37. The van der Waals surface area contributed by atoms with Gasteiger partial charge in [-0.3, -0.25) is 4.79 Å². The van der Waals surface area contributed by atoms with Gasteiger partial charge in [0.1, 0.15) is 11.5 Å². The molecular formula is C20H19ClN4O. The molecule has 2 N–H and O–H groups in total. The van der Waals surface area contributed by atoms with Crippen LogP contribution in [-0.4, -0.2) is 15.9 Å². The number of carbonyl (C=O) groups excluding carboxylic acids is 1. The minimum absolute atomic E-state index is 0.248. The van der Waals surface area contributed by atoms with E-state index in [1.165, 1.54) is 12.4 Å². The SMILES string of the molecule is Cc1ccc(NC(=O)c2cnc(Nc3ccc(C)c(Cl)c3)cn2)c(C)c1. The van der Waals surface area contributed by atoms with Crippen molar-refractivity contribution >= 4 is 34.7 Å². The van der Waals surface area contributed by atoms with Crippen LogP contribution in [0.5, 0.6) is 0 Å². The number of nitrogens with zero attached hydrogens (tertiary/aromatic N) is 2. The van der Waals surface area contributed by atoms with E-state index in [1.807, 2.05) is 57.2 Å². The Balaban J connectivity index is 1.70. The van der Waals surface area contributed by atoms with E-state index in [2.05, 4.69) is 20.6 Å². The van der Waals surface area contributed by atoms with E-state index in [0.29, 0.717) is 10.8 Å². The fraction of sp³-hybridized carbons (Fsp3) is 0.150. The average Bonchev–Trinajstić information content (AvgIpc) is 2.61. The normalized spacial score (nSPS) is 10.5. The molecule has 0 bridgehead atoms. The van der Waals surface area contributed by atoms with Gasteiger partial charge in [-0.1, -0.05) is 35.4 Å². The van der Waals surface area contributed by atoms with E-state index in [9.17, 15) is 4.79 Å². The van der Waals surface area contributed by atoms with E-state index in [1.54, 1.807) is 0 Å². The van der Waals surface area contributed by atoms with Crippen LogP contribution in [-0.2, 0) is 0 Å². The van der Waals surface area contributed by atoms with Crippen LogP contribution in [0.15, 0.2) is 48.8 Å². The van der Waals surface area contributed by atoms with Crippen molar-refractivity contribution in [3.63, 3.8) is 0 Å². The lowest BCUT2D eigenvalue weighted by Crippen LogP contribution is -2.15. The van der Waals surface area contributed by atoms with Gasteiger partial charge in [0, 0.05) is 16.4 Å². The molecule has 1 amide bonds. The summed E-state index contributed by atoms with van der Waals surface area (Å²) in [5.74, 6) is 0.238. The second-order valence-electron chi connectivity index (χ2n) is 6.15. The molecule has 0 aliphatic heterocycles. The van der Waals surface area contributed by atoms with Gasteiger partial charge in [0.2, 0.25) is 0 Å². The highest BCUT2D eigenvalue weighted by Gasteiger charge is 2.10. The number of rotatable bonds is 4. The van der Waals surface area contributed by atoms with Crippen LogP contribution in [0.4, 0.5) is 17.2 Å². The molecule has 5 nitrogen and oxygen atoms in total. The molecule has 0 fully saturated rings. The van der Waals surface area contributed by atoms with Crippen molar-refractivity contribution in [1.29, 1.82) is 0 Å². The molecule has 0 atom stereocenters. The highest BCUT2D eigenvalue weighted by molar-refractivity contribution is 6.31. The van der Waals surface area contributed by atoms with E-state index < -0.39 is 0 Å². The Labute approximate surface area is 157 Å². The zero-order valence-electron chi connectivity index (χ0n) is 14.8. The predicted molar refractivity (Wildman–Crippen MR) is 105 cm³/mol. The van der Waals surface area contributed by atoms with Crippen molar-refractivity contribution in [3.8, 4) is 0 Å². The Morgan fingerprint density at radius 3 is 2.42 bits per heavy atom. The summed E-state index contributed by atoms with van der Waals surface area (Å²) in [6.45, 7) is 5.90. The highest BCUT2D eigenvalue weighted by Crippen LogP contribution is 2.22. The van der Waals surface area contributed by atoms with Gasteiger partial charge in [0.25, 0.3) is 5.91 Å². The minimum atomic E-state index is -0.297. The molecule has 0 saturated carbocycles. The maximum Gasteiger partial charge on any atom is 0.275 e. The molecule has 0 aliphatic rings. The molecule has 132 valence electrons. The first-order valence-electron chi connectivity index (χ1n) is 8.16. The Morgan fingerprint density at radius 1 is 0.962 bits per heavy atom. The molecule has 0 radical (unpaired) electrons. The molecule has 1 heterocycles. The lowest BCUT2D eigenvalue weighted by atomic mass is 10.1. The molecule has 0 spiro atoms. The molecular weight excluding hydrogens is 348 g/mol. The van der Waals surface area contributed by atoms with Crippen LogP contribution >= 0.6 is 11.6 Å². The number of aromatic nitrogens is 2. The second-order valence-corrected chi connectivity index (χ2v) is 6.56. The maximum atomic E-state index is 12.4. The predicted octanol–water partition coefficient (Wildman–Crippen LogP) is 5.05. The lowest BCUT2D eigenvalue weighted by Gasteiger charge is -2.10. The summed E-state index contributed by atoms with van der Waals surface area (Å²) in [6, 6.07) is 11.5. The summed E-state index contributed by atoms with van der Waals surface area (Å²) in [4.78, 5) is 20.8. The molecule has 2 aromatic carbocycles. The topological polar surface area (TPSA) is 66.9 Å². The molecule has 0 saturated heterocycles. The molecule has 0 unspecified atom stereocenters. The van der Waals surface area contributed by atoms with Gasteiger partial charge < -0.3 is 10.6 Å². The Morgan fingerprint density at radius 2 is 1.77 bits per heavy atom. The zero-order chi connectivity index (χ0) is 18.7. The highest BCUT2D eigenvalue weighted by atomic mass is 35.5. The van der Waals surface area contributed by atoms with Crippen molar-refractivity contribution in [2.24, 2.45) is 0 Å². The average molecular weight is 367 g/mol. The Kier molecular flexibility index (Phi) is 5.19. The first-order valence-corrected chi connectivity index (χ1v) is 8.54. The standard InChI is InChI=1S/C20H19ClN4O/c1-12-4-7-17(14(3)8-12)25-20(26)18-10-23-19(11-22-18)24-15-6-5-13(2)16(21)9-15/h4-11H,1-3H3,(H,23,24)(H,25,26). The van der Waals surface area contributed by atoms with Crippen molar-refractivity contribution in [3.05, 3.63) is 76.2 Å². The van der Waals surface area contributed by atoms with Crippen molar-refractivity contribution in [1.82, 2.24) is 9.97 Å². The summed E-state index contributed by atoms with van der Waals surface area (Å²) in [5, 5.41) is 6.64. The molecule has 3 rings (SSSR count). The number of hydrogen-bond acceptors (Lipinski definition) is 4. The largest absolute Gasteiger partial charge is 0.339 e. The van der Waals surface area contributed by atoms with Gasteiger partial charge in [0.15, 0.2) is 0 Å². The number of aryl methyl sites for hydroxylation is 3. The van der Waals surface area contributed by atoms with Gasteiger partial charge in [-0.15, -0.1) is 0 Å². The lowest BCUT2D eigenvalue weighted by molar-refractivity contribution is 0.102. The molecule has 1 aromatic heterocycles. The fourth-order valence-corrected chi connectivity index (χ4v) is 2.65. The van der Waals surface area contributed by atoms with Gasteiger partial charge >= 0.3 is 0 Å². The number of anilines is 3. The fourth-order valence-electron chi connectivity index (χ4n) is 2.47. The zero-order valence-corrected chi connectivity index (χ0v) is 15.6. The first-order chi connectivity index (χ1) is 12.4. The van der Waals surface area contributed by atoms with Crippen molar-refractivity contribution in [2.75, 3.05) is 10.6 Å². The van der Waals surface area contributed by atoms with Gasteiger partial charge in [-0.05, 0) is 50.1 Å². The maximum absolute atomic E-state index is 12.4. The third kappa shape index (κ3) is 4.18. The summed E-state index contributed by atoms with van der Waals surface area (Å²) in [6.07, 6.45) is 2.96. The summed E-state index contributed by atoms with van der Waals surface area (Å²) < 4.78 is 0. The van der Waals surface area contributed by atoms with Crippen molar-refractivity contribution < 1.29 is 4.79 Å². The smallest absolute Gasteiger partial charge is 0.275 e. The molecule has 0 aliphatic carbocycles. The van der Waals surface area contributed by atoms with Crippen LogP contribution in [0.3, 0.4) is 0 Å². The number of nitrogens with one attached hydrogen (secondary N) is 2. The van der Waals surface area contributed by atoms with E-state index in [4.69, 9.17) is 11.6 Å². The number of hydrogen-bond donors (Lipinski definition) is 2. The summed E-state index contributed by atoms with van der Waals surface area (Å²) >= 11 is 6.12. The van der Waals surface area contributed by atoms with Gasteiger partial charge in [-0.25, -0.2) is 9.97 Å². The Bertz CT molecular complexity index is 955. The number of carbonyl (C=O) groups is 1. The quantitative estimate of drug-likeness (QED) is 0.678. The minimum Gasteiger partial charge on any atom is -0.339 e. The second kappa shape index (κ2) is 7.54. The van der Waals surface area contributed by atoms with E-state index in [0.717, 1.165) is 28.1 Å². The van der Waals surface area contributed by atoms with Crippen LogP contribution in [0.25, 0.3) is 0 Å². The molecule has 6 heteroatoms. The van der Waals surface area contributed by atoms with Crippen LogP contribution < -0.4 is 10.6 Å².